The van der Waals surface area contributed by atoms with Crippen LogP contribution in [0.25, 0.3) is 0 Å². The van der Waals surface area contributed by atoms with E-state index in [0.29, 0.717) is 0 Å². The van der Waals surface area contributed by atoms with Gasteiger partial charge in [-0.25, -0.2) is 0 Å². The fraction of sp³-hybridized carbons (Fsp3) is 0. The summed E-state index contributed by atoms with van der Waals surface area (Å²) in [7, 11) is 0. The van der Waals surface area contributed by atoms with Crippen LogP contribution in [0.5, 0.6) is 0 Å². The molecule has 0 N–H and O–H groups in total. The summed E-state index contributed by atoms with van der Waals surface area (Å²) in [6, 6.07) is 0. The molecule has 0 aliphatic heterocycles. The Kier molecular flexibility index (Phi) is 147. The first-order chi connectivity index (χ1) is 0. The Morgan fingerprint density at radius 2 is 1.25 bits per heavy atom. The SMILES string of the molecule is [AlH3].[Co].[H-].[H-].[H-].[Li+].[Mg+2]. The van der Waals surface area contributed by atoms with Crippen molar-refractivity contribution >= 4 is 40.4 Å². The van der Waals surface area contributed by atoms with Crippen molar-refractivity contribution in [2.45, 2.75) is 0 Å². The smallest absolute Gasteiger partial charge is 1.00 e. The molecule has 0 fully saturated rings. The molecule has 4 heavy (non-hydrogen) atoms. The minimum Gasteiger partial charge on any atom is -1.00 e. The van der Waals surface area contributed by atoms with Crippen LogP contribution in [0.1, 0.15) is 4.28 Å². The first-order valence-corrected chi connectivity index (χ1v) is 0. The molecule has 0 bridgehead atoms. The first kappa shape index (κ1) is 32.4. The van der Waals surface area contributed by atoms with Crippen LogP contribution in [0.3, 0.4) is 0 Å². The van der Waals surface area contributed by atoms with E-state index in [9.17, 15) is 0 Å². The second-order valence-corrected chi connectivity index (χ2v) is 0. The topological polar surface area (TPSA) is 0 Å². The Morgan fingerprint density at radius 1 is 1.25 bits per heavy atom. The van der Waals surface area contributed by atoms with Gasteiger partial charge in [-0.1, -0.05) is 0 Å². The normalized spacial score (nSPS) is 0. The molecule has 0 saturated heterocycles. The van der Waals surface area contributed by atoms with Gasteiger partial charge >= 0.3 is 41.9 Å². The Hall–Kier alpha value is 2.40. The minimum absolute atomic E-state index is 0. The van der Waals surface area contributed by atoms with Crippen LogP contribution in [0.15, 0.2) is 0 Å². The number of hydrogen-bond acceptors (Lipinski definition) is 0. The van der Waals surface area contributed by atoms with Crippen LogP contribution < -0.4 is 18.9 Å². The Balaban J connectivity index is 0. The molecule has 0 aromatic heterocycles. The van der Waals surface area contributed by atoms with Gasteiger partial charge in [0.2, 0.25) is 0 Å². The van der Waals surface area contributed by atoms with Crippen LogP contribution in [0.4, 0.5) is 0 Å². The van der Waals surface area contributed by atoms with Crippen LogP contribution in [0, 0.1) is 0 Å². The second kappa shape index (κ2) is 18.1. The van der Waals surface area contributed by atoms with Gasteiger partial charge in [0.05, 0.1) is 0 Å². The fourth-order valence-electron chi connectivity index (χ4n) is 0. The van der Waals surface area contributed by atoms with E-state index in [1.54, 1.807) is 0 Å². The van der Waals surface area contributed by atoms with Gasteiger partial charge in [-0.3, -0.25) is 0 Å². The molecular formula is H6AlCoLiMg. The molecule has 0 spiro atoms. The van der Waals surface area contributed by atoms with E-state index in [2.05, 4.69) is 0 Å². The predicted molar refractivity (Wildman–Crippen MR) is 19.0 cm³/mol. The van der Waals surface area contributed by atoms with Crippen molar-refractivity contribution in [3.8, 4) is 0 Å². The van der Waals surface area contributed by atoms with E-state index in [4.69, 9.17) is 0 Å². The molecule has 0 rings (SSSR count). The van der Waals surface area contributed by atoms with E-state index < -0.39 is 0 Å². The van der Waals surface area contributed by atoms with Gasteiger partial charge in [0, 0.05) is 16.8 Å². The molecule has 0 aromatic carbocycles. The molecular weight excluding hydrogens is 117 g/mol. The zero-order valence-corrected chi connectivity index (χ0v) is 4.50. The zero-order chi connectivity index (χ0) is 0. The van der Waals surface area contributed by atoms with Crippen LogP contribution in [-0.4, -0.2) is 40.4 Å². The monoisotopic (exact) mass is 123 g/mol. The van der Waals surface area contributed by atoms with Crippen LogP contribution in [0.2, 0.25) is 0 Å². The second-order valence-electron chi connectivity index (χ2n) is 0. The quantitative estimate of drug-likeness (QED) is 0.286. The summed E-state index contributed by atoms with van der Waals surface area (Å²) in [5.41, 5.74) is 0. The summed E-state index contributed by atoms with van der Waals surface area (Å²) in [6.07, 6.45) is 0. The van der Waals surface area contributed by atoms with E-state index in [1.165, 1.54) is 0 Å². The first-order valence-electron chi connectivity index (χ1n) is 0. The minimum atomic E-state index is 0. The van der Waals surface area contributed by atoms with E-state index >= 15 is 0 Å². The van der Waals surface area contributed by atoms with Crippen molar-refractivity contribution in [1.82, 2.24) is 0 Å². The average Bonchev–Trinajstić information content (AvgIpc) is 0. The molecule has 0 atom stereocenters. The van der Waals surface area contributed by atoms with Crippen molar-refractivity contribution in [1.29, 1.82) is 0 Å². The Labute approximate surface area is 79.6 Å². The summed E-state index contributed by atoms with van der Waals surface area (Å²) >= 11 is 0. The van der Waals surface area contributed by atoms with E-state index in [-0.39, 0.29) is 80.3 Å². The summed E-state index contributed by atoms with van der Waals surface area (Å²) in [6.45, 7) is 0. The zero-order valence-electron chi connectivity index (χ0n) is 5.04. The Morgan fingerprint density at radius 3 is 1.25 bits per heavy atom. The maximum atomic E-state index is 0. The summed E-state index contributed by atoms with van der Waals surface area (Å²) in [4.78, 5) is 0. The molecule has 0 aromatic rings. The van der Waals surface area contributed by atoms with Gasteiger partial charge in [-0.15, -0.1) is 0 Å². The molecule has 0 heterocycles. The maximum absolute atomic E-state index is 0. The molecule has 0 saturated carbocycles. The van der Waals surface area contributed by atoms with Crippen molar-refractivity contribution in [2.75, 3.05) is 0 Å². The molecule has 0 unspecified atom stereocenters. The fourth-order valence-corrected chi connectivity index (χ4v) is 0. The number of rotatable bonds is 0. The van der Waals surface area contributed by atoms with Crippen molar-refractivity contribution < 1.29 is 39.9 Å². The van der Waals surface area contributed by atoms with Gasteiger partial charge < -0.3 is 4.28 Å². The maximum Gasteiger partial charge on any atom is 2.00 e. The van der Waals surface area contributed by atoms with Crippen molar-refractivity contribution in [3.63, 3.8) is 0 Å². The summed E-state index contributed by atoms with van der Waals surface area (Å²) in [5, 5.41) is 0. The van der Waals surface area contributed by atoms with Gasteiger partial charge in [0.1, 0.15) is 0 Å². The van der Waals surface area contributed by atoms with Gasteiger partial charge in [0.15, 0.2) is 17.4 Å². The molecule has 0 amide bonds. The third kappa shape index (κ3) is 8.83. The van der Waals surface area contributed by atoms with Gasteiger partial charge in [0.25, 0.3) is 0 Å². The standard InChI is InChI=1S/Al.Co.Li.Mg.6H/q;;+1;+2;;;;3*-1. The van der Waals surface area contributed by atoms with Crippen molar-refractivity contribution in [2.24, 2.45) is 0 Å². The number of hydrogen-bond donors (Lipinski definition) is 0. The molecule has 0 aliphatic carbocycles. The van der Waals surface area contributed by atoms with Gasteiger partial charge in [-0.2, -0.15) is 0 Å². The third-order valence-corrected chi connectivity index (χ3v) is 0. The van der Waals surface area contributed by atoms with Gasteiger partial charge in [-0.05, 0) is 0 Å². The molecule has 1 radical (unpaired) electrons. The third-order valence-electron chi connectivity index (χ3n) is 0. The van der Waals surface area contributed by atoms with Crippen LogP contribution in [-0.2, 0) is 16.8 Å². The van der Waals surface area contributed by atoms with E-state index in [1.807, 2.05) is 0 Å². The van der Waals surface area contributed by atoms with Crippen molar-refractivity contribution in [3.05, 3.63) is 0 Å². The summed E-state index contributed by atoms with van der Waals surface area (Å²) in [5.74, 6) is 0. The molecule has 21 valence electrons. The van der Waals surface area contributed by atoms with Crippen LogP contribution >= 0.6 is 0 Å². The molecule has 0 nitrogen and oxygen atoms in total. The largest absolute Gasteiger partial charge is 2.00 e. The molecule has 4 heteroatoms. The summed E-state index contributed by atoms with van der Waals surface area (Å²) < 4.78 is 0. The average molecular weight is 123 g/mol. The predicted octanol–water partition coefficient (Wildman–Crippen LogP) is -4.23. The Bertz CT molecular complexity index is 14.9. The van der Waals surface area contributed by atoms with E-state index in [0.717, 1.165) is 0 Å². The molecule has 0 aliphatic rings.